The van der Waals surface area contributed by atoms with Crippen LogP contribution in [-0.4, -0.2) is 23.6 Å². The summed E-state index contributed by atoms with van der Waals surface area (Å²) in [6, 6.07) is 7.69. The van der Waals surface area contributed by atoms with E-state index in [0.29, 0.717) is 10.8 Å². The van der Waals surface area contributed by atoms with Gasteiger partial charge in [-0.25, -0.2) is 0 Å². The third-order valence-corrected chi connectivity index (χ3v) is 5.21. The molecule has 0 bridgehead atoms. The van der Waals surface area contributed by atoms with E-state index in [1.807, 2.05) is 11.8 Å². The van der Waals surface area contributed by atoms with Gasteiger partial charge in [0.25, 0.3) is 0 Å². The molecule has 1 aromatic rings. The van der Waals surface area contributed by atoms with Crippen molar-refractivity contribution in [3.8, 4) is 0 Å². The first kappa shape index (κ1) is 14.9. The van der Waals surface area contributed by atoms with Crippen LogP contribution in [0.4, 0.5) is 0 Å². The van der Waals surface area contributed by atoms with Crippen molar-refractivity contribution in [3.63, 3.8) is 0 Å². The summed E-state index contributed by atoms with van der Waals surface area (Å²) in [5, 5.41) is 3.47. The van der Waals surface area contributed by atoms with Crippen LogP contribution >= 0.6 is 11.8 Å². The fourth-order valence-corrected chi connectivity index (χ4v) is 3.62. The Morgan fingerprint density at radius 3 is 2.63 bits per heavy atom. The van der Waals surface area contributed by atoms with Crippen molar-refractivity contribution in [2.45, 2.75) is 57.2 Å². The van der Waals surface area contributed by atoms with Gasteiger partial charge in [0, 0.05) is 16.5 Å². The van der Waals surface area contributed by atoms with E-state index in [1.54, 1.807) is 11.1 Å². The molecule has 0 saturated heterocycles. The summed E-state index contributed by atoms with van der Waals surface area (Å²) >= 11 is 2.05. The van der Waals surface area contributed by atoms with Crippen LogP contribution in [0.2, 0.25) is 0 Å². The molecular formula is C17H27NS. The number of benzene rings is 1. The van der Waals surface area contributed by atoms with Crippen LogP contribution in [0.1, 0.15) is 43.9 Å². The molecule has 1 aromatic carbocycles. The van der Waals surface area contributed by atoms with Gasteiger partial charge in [0.05, 0.1) is 0 Å². The van der Waals surface area contributed by atoms with E-state index in [1.165, 1.54) is 30.6 Å². The Hall–Kier alpha value is -0.470. The van der Waals surface area contributed by atoms with E-state index >= 15 is 0 Å². The molecule has 1 nitrogen and oxygen atoms in total. The topological polar surface area (TPSA) is 12.0 Å². The first-order chi connectivity index (χ1) is 8.98. The Bertz CT molecular complexity index is 420. The first-order valence-electron chi connectivity index (χ1n) is 7.40. The predicted octanol–water partition coefficient (Wildman–Crippen LogP) is 3.84. The second-order valence-corrected chi connectivity index (χ2v) is 8.42. The predicted molar refractivity (Wildman–Crippen MR) is 87.2 cm³/mol. The first-order valence-corrected chi connectivity index (χ1v) is 8.38. The summed E-state index contributed by atoms with van der Waals surface area (Å²) in [4.78, 5) is 0. The minimum Gasteiger partial charge on any atom is -0.316 e. The van der Waals surface area contributed by atoms with E-state index < -0.39 is 0 Å². The van der Waals surface area contributed by atoms with Crippen molar-refractivity contribution >= 4 is 11.8 Å². The van der Waals surface area contributed by atoms with Gasteiger partial charge in [-0.2, -0.15) is 11.8 Å². The second kappa shape index (κ2) is 6.32. The number of aryl methyl sites for hydroxylation is 2. The molecule has 1 N–H and O–H groups in total. The summed E-state index contributed by atoms with van der Waals surface area (Å²) in [6.07, 6.45) is 5.05. The van der Waals surface area contributed by atoms with Gasteiger partial charge in [-0.05, 0) is 49.4 Å². The highest BCUT2D eigenvalue weighted by Gasteiger charge is 2.16. The van der Waals surface area contributed by atoms with Crippen molar-refractivity contribution in [1.82, 2.24) is 5.32 Å². The molecule has 0 heterocycles. The number of hydrogen-bond acceptors (Lipinski definition) is 2. The number of fused-ring (bicyclic) bond motifs is 1. The van der Waals surface area contributed by atoms with Gasteiger partial charge in [-0.1, -0.05) is 39.0 Å². The summed E-state index contributed by atoms with van der Waals surface area (Å²) in [5.41, 5.74) is 4.67. The minimum atomic E-state index is 0.354. The van der Waals surface area contributed by atoms with E-state index in [-0.39, 0.29) is 0 Å². The molecule has 1 atom stereocenters. The summed E-state index contributed by atoms with van der Waals surface area (Å²) in [5.74, 6) is 1.18. The van der Waals surface area contributed by atoms with Crippen LogP contribution in [0.5, 0.6) is 0 Å². The SMILES string of the molecule is CNC(CSC(C)(C)C)Cc1ccc2c(c1)CCC2. The molecule has 0 aliphatic heterocycles. The van der Waals surface area contributed by atoms with E-state index in [0.717, 1.165) is 6.42 Å². The van der Waals surface area contributed by atoms with E-state index in [4.69, 9.17) is 0 Å². The maximum Gasteiger partial charge on any atom is 0.0195 e. The number of thioether (sulfide) groups is 1. The zero-order valence-electron chi connectivity index (χ0n) is 12.8. The lowest BCUT2D eigenvalue weighted by molar-refractivity contribution is 0.613. The fraction of sp³-hybridized carbons (Fsp3) is 0.647. The van der Waals surface area contributed by atoms with Gasteiger partial charge in [0.1, 0.15) is 0 Å². The molecule has 0 fully saturated rings. The normalized spacial score (nSPS) is 16.4. The van der Waals surface area contributed by atoms with Crippen LogP contribution in [0.3, 0.4) is 0 Å². The van der Waals surface area contributed by atoms with Crippen molar-refractivity contribution in [2.75, 3.05) is 12.8 Å². The Balaban J connectivity index is 1.94. The van der Waals surface area contributed by atoms with Gasteiger partial charge in [0.15, 0.2) is 0 Å². The molecule has 2 rings (SSSR count). The minimum absolute atomic E-state index is 0.354. The molecule has 0 spiro atoms. The van der Waals surface area contributed by atoms with Crippen molar-refractivity contribution in [1.29, 1.82) is 0 Å². The third kappa shape index (κ3) is 4.54. The molecule has 2 heteroatoms. The lowest BCUT2D eigenvalue weighted by Gasteiger charge is -2.23. The van der Waals surface area contributed by atoms with Crippen LogP contribution < -0.4 is 5.32 Å². The Labute approximate surface area is 122 Å². The van der Waals surface area contributed by atoms with Gasteiger partial charge >= 0.3 is 0 Å². The van der Waals surface area contributed by atoms with E-state index in [2.05, 4.69) is 51.3 Å². The van der Waals surface area contributed by atoms with E-state index in [9.17, 15) is 0 Å². The number of rotatable bonds is 5. The van der Waals surface area contributed by atoms with Gasteiger partial charge in [0.2, 0.25) is 0 Å². The average molecular weight is 277 g/mol. The molecule has 0 amide bonds. The monoisotopic (exact) mass is 277 g/mol. The molecule has 19 heavy (non-hydrogen) atoms. The number of hydrogen-bond donors (Lipinski definition) is 1. The molecule has 1 unspecified atom stereocenters. The number of likely N-dealkylation sites (N-methyl/N-ethyl adjacent to an activating group) is 1. The summed E-state index contributed by atoms with van der Waals surface area (Å²) < 4.78 is 0.354. The van der Waals surface area contributed by atoms with Gasteiger partial charge in [-0.15, -0.1) is 0 Å². The fourth-order valence-electron chi connectivity index (χ4n) is 2.63. The van der Waals surface area contributed by atoms with Crippen molar-refractivity contribution < 1.29 is 0 Å². The third-order valence-electron chi connectivity index (χ3n) is 3.77. The van der Waals surface area contributed by atoms with Crippen molar-refractivity contribution in [3.05, 3.63) is 34.9 Å². The molecular weight excluding hydrogens is 250 g/mol. The van der Waals surface area contributed by atoms with Crippen LogP contribution in [0.25, 0.3) is 0 Å². The van der Waals surface area contributed by atoms with Crippen LogP contribution in [-0.2, 0) is 19.3 Å². The summed E-state index contributed by atoms with van der Waals surface area (Å²) in [7, 11) is 2.08. The highest BCUT2D eigenvalue weighted by molar-refractivity contribution is 8.00. The van der Waals surface area contributed by atoms with Gasteiger partial charge in [-0.3, -0.25) is 0 Å². The molecule has 106 valence electrons. The highest BCUT2D eigenvalue weighted by atomic mass is 32.2. The number of nitrogens with one attached hydrogen (secondary N) is 1. The maximum atomic E-state index is 3.47. The molecule has 0 aromatic heterocycles. The van der Waals surface area contributed by atoms with Crippen LogP contribution in [0, 0.1) is 0 Å². The Morgan fingerprint density at radius 2 is 1.95 bits per heavy atom. The second-order valence-electron chi connectivity index (χ2n) is 6.57. The molecule has 1 aliphatic carbocycles. The lowest BCUT2D eigenvalue weighted by Crippen LogP contribution is -2.31. The van der Waals surface area contributed by atoms with Crippen molar-refractivity contribution in [2.24, 2.45) is 0 Å². The Morgan fingerprint density at radius 1 is 1.21 bits per heavy atom. The van der Waals surface area contributed by atoms with Crippen LogP contribution in [0.15, 0.2) is 18.2 Å². The lowest BCUT2D eigenvalue weighted by atomic mass is 10.0. The van der Waals surface area contributed by atoms with Gasteiger partial charge < -0.3 is 5.32 Å². The molecule has 1 aliphatic rings. The average Bonchev–Trinajstić information content (AvgIpc) is 2.80. The quantitative estimate of drug-likeness (QED) is 0.877. The highest BCUT2D eigenvalue weighted by Crippen LogP contribution is 2.26. The zero-order chi connectivity index (χ0) is 13.9. The smallest absolute Gasteiger partial charge is 0.0195 e. The zero-order valence-corrected chi connectivity index (χ0v) is 13.6. The standard InChI is InChI=1S/C17H27NS/c1-17(2,3)19-12-16(18-4)11-13-8-9-14-6-5-7-15(14)10-13/h8-10,16,18H,5-7,11-12H2,1-4H3. The maximum absolute atomic E-state index is 3.47. The Kier molecular flexibility index (Phi) is 4.97. The summed E-state index contributed by atoms with van der Waals surface area (Å²) in [6.45, 7) is 6.87. The molecule has 0 saturated carbocycles. The molecule has 0 radical (unpaired) electrons. The largest absolute Gasteiger partial charge is 0.316 e.